The van der Waals surface area contributed by atoms with Gasteiger partial charge in [-0.3, -0.25) is 14.4 Å². The third-order valence-electron chi connectivity index (χ3n) is 7.44. The molecule has 0 spiro atoms. The molecule has 0 N–H and O–H groups in total. The summed E-state index contributed by atoms with van der Waals surface area (Å²) in [4.78, 5) is 38.2. The molecule has 0 heterocycles. The lowest BCUT2D eigenvalue weighted by molar-refractivity contribution is -0.142. The van der Waals surface area contributed by atoms with Crippen molar-refractivity contribution in [2.45, 2.75) is 137 Å². The minimum atomic E-state index is -1.02. The maximum absolute atomic E-state index is 12.9. The van der Waals surface area contributed by atoms with Gasteiger partial charge in [-0.25, -0.2) is 0 Å². The first-order valence-corrected chi connectivity index (χ1v) is 22.5. The summed E-state index contributed by atoms with van der Waals surface area (Å²) in [5.41, 5.74) is -1.62. The number of hydrogen-bond donors (Lipinski definition) is 0. The van der Waals surface area contributed by atoms with Crippen molar-refractivity contribution >= 4 is 57.4 Å². The standard InChI is InChI=1S/C32H61O6PS3/c1-8-15-18-26(11-4)21-36-30(34)24-40-39(41-25-31(35)37-22-27(12-5)19-16-9-2)42-32(29(33)14-7)38-23-28(13-6)20-17-10-3/h26-28,32H,8-25H2,1-7H3. The van der Waals surface area contributed by atoms with Crippen LogP contribution in [0.4, 0.5) is 0 Å². The Labute approximate surface area is 271 Å². The van der Waals surface area contributed by atoms with Crippen LogP contribution in [0.15, 0.2) is 0 Å². The van der Waals surface area contributed by atoms with E-state index in [9.17, 15) is 14.4 Å². The van der Waals surface area contributed by atoms with Gasteiger partial charge in [-0.2, -0.15) is 0 Å². The van der Waals surface area contributed by atoms with Crippen molar-refractivity contribution in [2.24, 2.45) is 17.8 Å². The first-order valence-electron chi connectivity index (χ1n) is 16.5. The van der Waals surface area contributed by atoms with Gasteiger partial charge in [0.2, 0.25) is 0 Å². The number of carbonyl (C=O) groups is 3. The molecule has 4 unspecified atom stereocenters. The summed E-state index contributed by atoms with van der Waals surface area (Å²) in [7, 11) is 0. The Morgan fingerprint density at radius 3 is 1.38 bits per heavy atom. The molecule has 4 atom stereocenters. The first-order chi connectivity index (χ1) is 20.3. The summed E-state index contributed by atoms with van der Waals surface area (Å²) in [6, 6.07) is 0. The van der Waals surface area contributed by atoms with Crippen molar-refractivity contribution in [1.29, 1.82) is 0 Å². The van der Waals surface area contributed by atoms with Crippen LogP contribution in [-0.2, 0) is 28.6 Å². The van der Waals surface area contributed by atoms with E-state index in [2.05, 4.69) is 41.5 Å². The Morgan fingerprint density at radius 1 is 0.619 bits per heavy atom. The average Bonchev–Trinajstić information content (AvgIpc) is 3.01. The van der Waals surface area contributed by atoms with Gasteiger partial charge in [0, 0.05) is 6.42 Å². The summed E-state index contributed by atoms with van der Waals surface area (Å²) in [5, 5.41) is 0. The molecule has 0 fully saturated rings. The molecule has 0 bridgehead atoms. The number of ketones is 1. The van der Waals surface area contributed by atoms with Gasteiger partial charge in [-0.1, -0.05) is 118 Å². The average molecular weight is 669 g/mol. The van der Waals surface area contributed by atoms with E-state index < -0.39 is 11.0 Å². The fraction of sp³-hybridized carbons (Fsp3) is 0.906. The van der Waals surface area contributed by atoms with Gasteiger partial charge >= 0.3 is 11.9 Å². The summed E-state index contributed by atoms with van der Waals surface area (Å²) >= 11 is 4.42. The Hall–Kier alpha value is 0.0500. The van der Waals surface area contributed by atoms with Crippen LogP contribution in [0, 0.1) is 17.8 Å². The Bertz CT molecular complexity index is 663. The Morgan fingerprint density at radius 2 is 1.02 bits per heavy atom. The third kappa shape index (κ3) is 21.7. The molecule has 42 heavy (non-hydrogen) atoms. The highest BCUT2D eigenvalue weighted by molar-refractivity contribution is 9.12. The second-order valence-electron chi connectivity index (χ2n) is 11.0. The summed E-state index contributed by atoms with van der Waals surface area (Å²) in [6.07, 6.45) is 13.5. The Balaban J connectivity index is 5.28. The number of esters is 2. The Kier molecular flexibility index (Phi) is 28.6. The number of ether oxygens (including phenoxy) is 3. The van der Waals surface area contributed by atoms with Crippen LogP contribution in [0.2, 0.25) is 0 Å². The third-order valence-corrected chi connectivity index (χ3v) is 17.8. The van der Waals surface area contributed by atoms with Crippen molar-refractivity contribution in [1.82, 2.24) is 0 Å². The van der Waals surface area contributed by atoms with E-state index in [0.29, 0.717) is 44.0 Å². The van der Waals surface area contributed by atoms with Gasteiger partial charge < -0.3 is 14.2 Å². The highest BCUT2D eigenvalue weighted by Crippen LogP contribution is 2.71. The molecule has 0 aliphatic rings. The zero-order chi connectivity index (χ0) is 31.6. The molecule has 0 rings (SSSR count). The highest BCUT2D eigenvalue weighted by Gasteiger charge is 2.27. The maximum Gasteiger partial charge on any atom is 0.316 e. The lowest BCUT2D eigenvalue weighted by atomic mass is 10.0. The molecule has 0 saturated carbocycles. The van der Waals surface area contributed by atoms with E-state index in [0.717, 1.165) is 77.0 Å². The smallest absolute Gasteiger partial charge is 0.316 e. The lowest BCUT2D eigenvalue weighted by Gasteiger charge is -2.24. The molecule has 0 aliphatic heterocycles. The van der Waals surface area contributed by atoms with Crippen LogP contribution in [0.1, 0.15) is 132 Å². The van der Waals surface area contributed by atoms with Gasteiger partial charge in [0.25, 0.3) is 0 Å². The number of carbonyl (C=O) groups excluding carboxylic acids is 3. The number of Topliss-reactive ketones (excluding diaryl/α,β-unsaturated/α-hetero) is 1. The minimum absolute atomic E-state index is 0.0487. The topological polar surface area (TPSA) is 78.9 Å². The molecule has 0 saturated heterocycles. The molecule has 248 valence electrons. The van der Waals surface area contributed by atoms with Crippen molar-refractivity contribution in [2.75, 3.05) is 31.3 Å². The molecule has 0 amide bonds. The molecule has 0 aromatic rings. The van der Waals surface area contributed by atoms with Crippen LogP contribution in [-0.4, -0.2) is 54.5 Å². The fourth-order valence-corrected chi connectivity index (χ4v) is 13.5. The maximum atomic E-state index is 12.9. The molecular formula is C32H61O6PS3. The van der Waals surface area contributed by atoms with Gasteiger partial charge in [0.05, 0.1) is 36.9 Å². The minimum Gasteiger partial charge on any atom is -0.465 e. The van der Waals surface area contributed by atoms with Gasteiger partial charge in [-0.15, -0.1) is 22.8 Å². The van der Waals surface area contributed by atoms with Crippen LogP contribution < -0.4 is 0 Å². The normalized spacial score (nSPS) is 15.0. The van der Waals surface area contributed by atoms with E-state index in [1.807, 2.05) is 6.92 Å². The second-order valence-corrected chi connectivity index (χ2v) is 20.7. The summed E-state index contributed by atoms with van der Waals surface area (Å²) in [5.74, 6) is 1.17. The summed E-state index contributed by atoms with van der Waals surface area (Å²) < 4.78 is 17.5. The molecule has 6 nitrogen and oxygen atoms in total. The second kappa shape index (κ2) is 28.5. The quantitative estimate of drug-likeness (QED) is 0.0439. The molecule has 0 aromatic heterocycles. The van der Waals surface area contributed by atoms with Crippen LogP contribution in [0.5, 0.6) is 0 Å². The van der Waals surface area contributed by atoms with E-state index in [1.54, 1.807) is 0 Å². The molecule has 0 aromatic carbocycles. The number of rotatable bonds is 29. The van der Waals surface area contributed by atoms with E-state index >= 15 is 0 Å². The molecule has 10 heteroatoms. The fourth-order valence-electron chi connectivity index (χ4n) is 4.16. The molecular weight excluding hydrogens is 608 g/mol. The van der Waals surface area contributed by atoms with E-state index in [-0.39, 0.29) is 29.2 Å². The van der Waals surface area contributed by atoms with Gasteiger partial charge in [0.1, 0.15) is 0 Å². The first kappa shape index (κ1) is 42.0. The summed E-state index contributed by atoms with van der Waals surface area (Å²) in [6.45, 7) is 16.3. The number of unbranched alkanes of at least 4 members (excludes halogenated alkanes) is 3. The SMILES string of the molecule is CCCCC(CC)COC(=O)CSP(SCC(=O)OCC(CC)CCCC)SC(OCC(CC)CCCC)C(=O)CC. The van der Waals surface area contributed by atoms with Crippen LogP contribution >= 0.6 is 39.7 Å². The molecule has 0 radical (unpaired) electrons. The largest absolute Gasteiger partial charge is 0.465 e. The lowest BCUT2D eigenvalue weighted by Crippen LogP contribution is -2.23. The zero-order valence-electron chi connectivity index (χ0n) is 27.7. The van der Waals surface area contributed by atoms with Gasteiger partial charge in [-0.05, 0) is 37.0 Å². The highest BCUT2D eigenvalue weighted by atomic mass is 33.4. The number of hydrogen-bond acceptors (Lipinski definition) is 9. The van der Waals surface area contributed by atoms with Gasteiger partial charge in [0.15, 0.2) is 11.2 Å². The van der Waals surface area contributed by atoms with Crippen LogP contribution in [0.25, 0.3) is 0 Å². The van der Waals surface area contributed by atoms with Crippen molar-refractivity contribution in [3.8, 4) is 0 Å². The van der Waals surface area contributed by atoms with Crippen molar-refractivity contribution in [3.05, 3.63) is 0 Å². The zero-order valence-corrected chi connectivity index (χ0v) is 31.0. The predicted molar refractivity (Wildman–Crippen MR) is 186 cm³/mol. The van der Waals surface area contributed by atoms with Crippen LogP contribution in [0.3, 0.4) is 0 Å². The monoisotopic (exact) mass is 668 g/mol. The van der Waals surface area contributed by atoms with E-state index in [1.165, 1.54) is 34.1 Å². The molecule has 0 aliphatic carbocycles. The van der Waals surface area contributed by atoms with Crippen molar-refractivity contribution < 1.29 is 28.6 Å². The van der Waals surface area contributed by atoms with Crippen molar-refractivity contribution in [3.63, 3.8) is 0 Å². The predicted octanol–water partition coefficient (Wildman–Crippen LogP) is 10.5. The van der Waals surface area contributed by atoms with E-state index in [4.69, 9.17) is 14.2 Å².